The zero-order valence-corrected chi connectivity index (χ0v) is 20.0. The highest BCUT2D eigenvalue weighted by molar-refractivity contribution is 5.95. The molecular weight excluding hydrogens is 489 g/mol. The van der Waals surface area contributed by atoms with Crippen LogP contribution in [0, 0.1) is 0 Å². The van der Waals surface area contributed by atoms with Crippen molar-refractivity contribution in [2.75, 3.05) is 32.8 Å². The number of alkyl halides is 3. The number of rotatable bonds is 9. The maximum absolute atomic E-state index is 12.7. The number of pyridine rings is 1. The lowest BCUT2D eigenvalue weighted by atomic mass is 10.1. The van der Waals surface area contributed by atoms with Crippen molar-refractivity contribution in [3.63, 3.8) is 0 Å². The lowest BCUT2D eigenvalue weighted by Crippen LogP contribution is -2.15. The molecule has 0 bridgehead atoms. The number of amides is 1. The maximum atomic E-state index is 12.7. The fourth-order valence-electron chi connectivity index (χ4n) is 3.60. The van der Waals surface area contributed by atoms with E-state index in [0.29, 0.717) is 47.2 Å². The maximum Gasteiger partial charge on any atom is 0.433 e. The van der Waals surface area contributed by atoms with Crippen LogP contribution in [0.3, 0.4) is 0 Å². The fraction of sp³-hybridized carbons (Fsp3) is 0.231. The molecule has 0 unspecified atom stereocenters. The van der Waals surface area contributed by atoms with E-state index in [1.807, 2.05) is 0 Å². The Balaban J connectivity index is 1.49. The summed E-state index contributed by atoms with van der Waals surface area (Å²) in [6.45, 7) is 0.791. The number of fused-ring (bicyclic) bond motifs is 1. The summed E-state index contributed by atoms with van der Waals surface area (Å²) >= 11 is 0. The Bertz CT molecular complexity index is 1380. The summed E-state index contributed by atoms with van der Waals surface area (Å²) in [5.41, 5.74) is 2.01. The van der Waals surface area contributed by atoms with Gasteiger partial charge in [0.1, 0.15) is 18.6 Å². The van der Waals surface area contributed by atoms with Gasteiger partial charge in [-0.1, -0.05) is 18.2 Å². The van der Waals surface area contributed by atoms with Crippen LogP contribution in [0.25, 0.3) is 22.2 Å². The van der Waals surface area contributed by atoms with Crippen molar-refractivity contribution in [3.8, 4) is 22.8 Å². The van der Waals surface area contributed by atoms with E-state index in [2.05, 4.69) is 20.3 Å². The molecule has 8 nitrogen and oxygen atoms in total. The SMILES string of the molecule is COCCOc1cc2ncnc(-c3ccc(NC(=O)Cc4ccc(C(F)(F)F)nc4)cc3)c2cc1OC. The third-order valence-corrected chi connectivity index (χ3v) is 5.39. The number of halogens is 3. The standard InChI is InChI=1S/C26H23F3N4O4/c1-35-9-10-37-22-13-20-19(12-21(22)36-2)25(32-15-31-20)17-4-6-18(7-5-17)33-24(34)11-16-3-8-23(30-14-16)26(27,28)29/h3-8,12-15H,9-11H2,1-2H3,(H,33,34). The van der Waals surface area contributed by atoms with E-state index in [9.17, 15) is 18.0 Å². The van der Waals surface area contributed by atoms with Crippen LogP contribution in [-0.4, -0.2) is 48.3 Å². The van der Waals surface area contributed by atoms with Gasteiger partial charge < -0.3 is 19.5 Å². The van der Waals surface area contributed by atoms with Gasteiger partial charge in [0.05, 0.1) is 31.3 Å². The van der Waals surface area contributed by atoms with Gasteiger partial charge in [0, 0.05) is 36.0 Å². The monoisotopic (exact) mass is 512 g/mol. The molecule has 0 fully saturated rings. The molecule has 0 spiro atoms. The van der Waals surface area contributed by atoms with E-state index in [1.54, 1.807) is 50.6 Å². The third-order valence-electron chi connectivity index (χ3n) is 5.39. The van der Waals surface area contributed by atoms with Gasteiger partial charge in [0.2, 0.25) is 5.91 Å². The van der Waals surface area contributed by atoms with E-state index >= 15 is 0 Å². The fourth-order valence-corrected chi connectivity index (χ4v) is 3.60. The second kappa shape index (κ2) is 11.2. The second-order valence-electron chi connectivity index (χ2n) is 7.94. The van der Waals surface area contributed by atoms with Gasteiger partial charge in [-0.15, -0.1) is 0 Å². The predicted molar refractivity (Wildman–Crippen MR) is 130 cm³/mol. The third kappa shape index (κ3) is 6.31. The number of carbonyl (C=O) groups excluding carboxylic acids is 1. The van der Waals surface area contributed by atoms with E-state index < -0.39 is 11.9 Å². The highest BCUT2D eigenvalue weighted by Gasteiger charge is 2.32. The molecule has 0 aliphatic heterocycles. The number of anilines is 1. The van der Waals surface area contributed by atoms with Crippen LogP contribution in [0.2, 0.25) is 0 Å². The van der Waals surface area contributed by atoms with Crippen molar-refractivity contribution in [1.29, 1.82) is 0 Å². The minimum atomic E-state index is -4.53. The number of ether oxygens (including phenoxy) is 3. The molecule has 0 aliphatic carbocycles. The van der Waals surface area contributed by atoms with E-state index in [1.165, 1.54) is 12.4 Å². The quantitative estimate of drug-likeness (QED) is 0.318. The molecule has 2 heterocycles. The summed E-state index contributed by atoms with van der Waals surface area (Å²) in [5, 5.41) is 3.49. The number of nitrogens with one attached hydrogen (secondary N) is 1. The molecular formula is C26H23F3N4O4. The average Bonchev–Trinajstić information content (AvgIpc) is 2.88. The van der Waals surface area contributed by atoms with Gasteiger partial charge >= 0.3 is 6.18 Å². The first-order valence-corrected chi connectivity index (χ1v) is 11.2. The average molecular weight is 512 g/mol. The Hall–Kier alpha value is -4.25. The van der Waals surface area contributed by atoms with Crippen LogP contribution in [0.4, 0.5) is 18.9 Å². The van der Waals surface area contributed by atoms with Crippen molar-refractivity contribution in [2.24, 2.45) is 0 Å². The van der Waals surface area contributed by atoms with Gasteiger partial charge in [-0.25, -0.2) is 9.97 Å². The van der Waals surface area contributed by atoms with Crippen molar-refractivity contribution in [1.82, 2.24) is 15.0 Å². The molecule has 0 saturated heterocycles. The number of hydrogen-bond acceptors (Lipinski definition) is 7. The molecule has 0 aliphatic rings. The Morgan fingerprint density at radius 2 is 1.73 bits per heavy atom. The lowest BCUT2D eigenvalue weighted by Gasteiger charge is -2.13. The number of nitrogens with zero attached hydrogens (tertiary/aromatic N) is 3. The molecule has 2 aromatic heterocycles. The number of methoxy groups -OCH3 is 2. The van der Waals surface area contributed by atoms with Crippen LogP contribution in [-0.2, 0) is 22.1 Å². The van der Waals surface area contributed by atoms with Crippen LogP contribution >= 0.6 is 0 Å². The molecule has 0 radical (unpaired) electrons. The largest absolute Gasteiger partial charge is 0.493 e. The predicted octanol–water partition coefficient (Wildman–Crippen LogP) is 4.93. The first-order valence-electron chi connectivity index (χ1n) is 11.2. The summed E-state index contributed by atoms with van der Waals surface area (Å²) in [6, 6.07) is 12.7. The van der Waals surface area contributed by atoms with Crippen LogP contribution in [0.15, 0.2) is 61.1 Å². The molecule has 0 saturated carbocycles. The highest BCUT2D eigenvalue weighted by Crippen LogP contribution is 2.35. The minimum Gasteiger partial charge on any atom is -0.493 e. The van der Waals surface area contributed by atoms with Crippen molar-refractivity contribution in [3.05, 3.63) is 72.3 Å². The summed E-state index contributed by atoms with van der Waals surface area (Å²) in [7, 11) is 3.14. The molecule has 2 aromatic carbocycles. The Morgan fingerprint density at radius 3 is 2.38 bits per heavy atom. The number of benzene rings is 2. The Morgan fingerprint density at radius 1 is 0.946 bits per heavy atom. The number of carbonyl (C=O) groups is 1. The van der Waals surface area contributed by atoms with Gasteiger partial charge in [0.15, 0.2) is 11.5 Å². The van der Waals surface area contributed by atoms with Gasteiger partial charge in [-0.05, 0) is 29.8 Å². The molecule has 11 heteroatoms. The zero-order chi connectivity index (χ0) is 26.4. The molecule has 4 rings (SSSR count). The summed E-state index contributed by atoms with van der Waals surface area (Å²) in [6.07, 6.45) is -2.13. The molecule has 4 aromatic rings. The van der Waals surface area contributed by atoms with Crippen LogP contribution in [0.1, 0.15) is 11.3 Å². The second-order valence-corrected chi connectivity index (χ2v) is 7.94. The zero-order valence-electron chi connectivity index (χ0n) is 20.0. The molecule has 1 N–H and O–H groups in total. The minimum absolute atomic E-state index is 0.113. The first kappa shape index (κ1) is 25.8. The molecule has 0 atom stereocenters. The topological polar surface area (TPSA) is 95.5 Å². The van der Waals surface area contributed by atoms with Crippen molar-refractivity contribution in [2.45, 2.75) is 12.6 Å². The Kier molecular flexibility index (Phi) is 7.83. The smallest absolute Gasteiger partial charge is 0.433 e. The summed E-state index contributed by atoms with van der Waals surface area (Å²) < 4.78 is 54.2. The molecule has 192 valence electrons. The van der Waals surface area contributed by atoms with Crippen LogP contribution < -0.4 is 14.8 Å². The van der Waals surface area contributed by atoms with Gasteiger partial charge in [-0.2, -0.15) is 13.2 Å². The summed E-state index contributed by atoms with van der Waals surface area (Å²) in [5.74, 6) is 0.687. The highest BCUT2D eigenvalue weighted by atomic mass is 19.4. The molecule has 1 amide bonds. The Labute approximate surface area is 210 Å². The van der Waals surface area contributed by atoms with Gasteiger partial charge in [0.25, 0.3) is 0 Å². The number of aromatic nitrogens is 3. The van der Waals surface area contributed by atoms with Crippen molar-refractivity contribution < 1.29 is 32.2 Å². The number of hydrogen-bond donors (Lipinski definition) is 1. The lowest BCUT2D eigenvalue weighted by molar-refractivity contribution is -0.141. The van der Waals surface area contributed by atoms with E-state index in [0.717, 1.165) is 23.2 Å². The summed E-state index contributed by atoms with van der Waals surface area (Å²) in [4.78, 5) is 24.5. The van der Waals surface area contributed by atoms with Crippen LogP contribution in [0.5, 0.6) is 11.5 Å². The normalized spacial score (nSPS) is 11.4. The molecule has 37 heavy (non-hydrogen) atoms. The van der Waals surface area contributed by atoms with Gasteiger partial charge in [-0.3, -0.25) is 9.78 Å². The van der Waals surface area contributed by atoms with Crippen molar-refractivity contribution >= 4 is 22.5 Å². The van der Waals surface area contributed by atoms with E-state index in [4.69, 9.17) is 14.2 Å². The first-order chi connectivity index (χ1) is 17.8. The van der Waals surface area contributed by atoms with E-state index in [-0.39, 0.29) is 12.3 Å².